The smallest absolute Gasteiger partial charge is 0.197 e. The average molecular weight is 311 g/mol. The second-order valence-electron chi connectivity index (χ2n) is 3.94. The van der Waals surface area contributed by atoms with Gasteiger partial charge in [-0.2, -0.15) is 0 Å². The predicted octanol–water partition coefficient (Wildman–Crippen LogP) is 4.27. The third kappa shape index (κ3) is 2.48. The van der Waals surface area contributed by atoms with Gasteiger partial charge in [0.15, 0.2) is 5.78 Å². The molecule has 0 aliphatic carbocycles. The van der Waals surface area contributed by atoms with Crippen molar-refractivity contribution in [2.75, 3.05) is 0 Å². The van der Waals surface area contributed by atoms with Crippen LogP contribution in [0.5, 0.6) is 0 Å². The Bertz CT molecular complexity index is 623. The summed E-state index contributed by atoms with van der Waals surface area (Å²) in [5.41, 5.74) is 1.12. The Hall–Kier alpha value is -1.55. The summed E-state index contributed by atoms with van der Waals surface area (Å²) >= 11 is 3.25. The number of hydrogen-bond acceptors (Lipinski definition) is 1. The molecule has 0 aliphatic heterocycles. The van der Waals surface area contributed by atoms with Crippen molar-refractivity contribution in [2.45, 2.75) is 6.92 Å². The summed E-state index contributed by atoms with van der Waals surface area (Å²) < 4.78 is 26.9. The van der Waals surface area contributed by atoms with Crippen molar-refractivity contribution in [1.82, 2.24) is 0 Å². The van der Waals surface area contributed by atoms with Crippen molar-refractivity contribution in [3.05, 3.63) is 69.2 Å². The van der Waals surface area contributed by atoms with Gasteiger partial charge in [-0.1, -0.05) is 27.6 Å². The lowest BCUT2D eigenvalue weighted by atomic mass is 10.0. The molecule has 1 nitrogen and oxygen atoms in total. The van der Waals surface area contributed by atoms with Gasteiger partial charge in [-0.25, -0.2) is 8.78 Å². The minimum Gasteiger partial charge on any atom is -0.288 e. The molecule has 0 heterocycles. The van der Waals surface area contributed by atoms with E-state index in [0.717, 1.165) is 17.7 Å². The molecule has 0 aliphatic rings. The summed E-state index contributed by atoms with van der Waals surface area (Å²) in [7, 11) is 0. The van der Waals surface area contributed by atoms with E-state index in [4.69, 9.17) is 0 Å². The average Bonchev–Trinajstić information content (AvgIpc) is 2.31. The van der Waals surface area contributed by atoms with E-state index in [2.05, 4.69) is 15.9 Å². The van der Waals surface area contributed by atoms with Crippen LogP contribution in [0, 0.1) is 18.6 Å². The first-order valence-electron chi connectivity index (χ1n) is 5.25. The fourth-order valence-electron chi connectivity index (χ4n) is 1.63. The summed E-state index contributed by atoms with van der Waals surface area (Å²) in [5.74, 6) is -2.02. The Labute approximate surface area is 112 Å². The highest BCUT2D eigenvalue weighted by Gasteiger charge is 2.17. The standard InChI is InChI=1S/C14H9BrF2O/c1-8-2-5-12(15)11(6-8)14(18)10-4-3-9(16)7-13(10)17/h2-7H,1H3. The first-order valence-corrected chi connectivity index (χ1v) is 6.04. The molecular formula is C14H9BrF2O. The highest BCUT2D eigenvalue weighted by molar-refractivity contribution is 9.10. The fraction of sp³-hybridized carbons (Fsp3) is 0.0714. The number of carbonyl (C=O) groups is 1. The number of hydrogen-bond donors (Lipinski definition) is 0. The lowest BCUT2D eigenvalue weighted by Gasteiger charge is -2.06. The molecule has 18 heavy (non-hydrogen) atoms. The number of ketones is 1. The van der Waals surface area contributed by atoms with E-state index < -0.39 is 17.4 Å². The van der Waals surface area contributed by atoms with Gasteiger partial charge in [-0.15, -0.1) is 0 Å². The number of rotatable bonds is 2. The van der Waals surface area contributed by atoms with Crippen LogP contribution < -0.4 is 0 Å². The maximum Gasteiger partial charge on any atom is 0.197 e. The van der Waals surface area contributed by atoms with Gasteiger partial charge in [0.25, 0.3) is 0 Å². The summed E-state index contributed by atoms with van der Waals surface area (Å²) in [5, 5.41) is 0. The van der Waals surface area contributed by atoms with Gasteiger partial charge in [-0.05, 0) is 31.2 Å². The van der Waals surface area contributed by atoms with Crippen molar-refractivity contribution in [3.8, 4) is 0 Å². The van der Waals surface area contributed by atoms with Gasteiger partial charge in [0, 0.05) is 16.1 Å². The zero-order valence-electron chi connectivity index (χ0n) is 9.51. The van der Waals surface area contributed by atoms with E-state index in [-0.39, 0.29) is 5.56 Å². The molecule has 0 spiro atoms. The van der Waals surface area contributed by atoms with Crippen molar-refractivity contribution in [2.24, 2.45) is 0 Å². The quantitative estimate of drug-likeness (QED) is 0.757. The molecule has 0 bridgehead atoms. The van der Waals surface area contributed by atoms with Crippen LogP contribution in [0.3, 0.4) is 0 Å². The van der Waals surface area contributed by atoms with Gasteiger partial charge in [0.05, 0.1) is 5.56 Å². The molecule has 0 aromatic heterocycles. The second-order valence-corrected chi connectivity index (χ2v) is 4.79. The minimum absolute atomic E-state index is 0.136. The normalized spacial score (nSPS) is 10.4. The lowest BCUT2D eigenvalue weighted by Crippen LogP contribution is -2.06. The number of halogens is 3. The molecule has 2 aromatic carbocycles. The summed E-state index contributed by atoms with van der Waals surface area (Å²) in [6.45, 7) is 1.84. The molecule has 4 heteroatoms. The Morgan fingerprint density at radius 1 is 1.06 bits per heavy atom. The van der Waals surface area contributed by atoms with Gasteiger partial charge in [0.1, 0.15) is 11.6 Å². The van der Waals surface area contributed by atoms with E-state index in [0.29, 0.717) is 16.1 Å². The summed E-state index contributed by atoms with van der Waals surface area (Å²) in [6.07, 6.45) is 0. The SMILES string of the molecule is Cc1ccc(Br)c(C(=O)c2ccc(F)cc2F)c1. The molecule has 2 rings (SSSR count). The first-order chi connectivity index (χ1) is 8.49. The van der Waals surface area contributed by atoms with Crippen molar-refractivity contribution >= 4 is 21.7 Å². The van der Waals surface area contributed by atoms with E-state index in [1.807, 2.05) is 13.0 Å². The Morgan fingerprint density at radius 3 is 2.44 bits per heavy atom. The Balaban J connectivity index is 2.51. The number of carbonyl (C=O) groups excluding carboxylic acids is 1. The van der Waals surface area contributed by atoms with E-state index in [1.165, 1.54) is 0 Å². The third-order valence-electron chi connectivity index (χ3n) is 2.54. The highest BCUT2D eigenvalue weighted by atomic mass is 79.9. The van der Waals surface area contributed by atoms with Crippen molar-refractivity contribution in [1.29, 1.82) is 0 Å². The monoisotopic (exact) mass is 310 g/mol. The zero-order valence-corrected chi connectivity index (χ0v) is 11.1. The van der Waals surface area contributed by atoms with Gasteiger partial charge >= 0.3 is 0 Å². The van der Waals surface area contributed by atoms with Crippen molar-refractivity contribution < 1.29 is 13.6 Å². The van der Waals surface area contributed by atoms with Crippen LogP contribution in [0.15, 0.2) is 40.9 Å². The predicted molar refractivity (Wildman–Crippen MR) is 68.7 cm³/mol. The molecule has 0 saturated carbocycles. The number of aryl methyl sites for hydroxylation is 1. The Morgan fingerprint density at radius 2 is 1.78 bits per heavy atom. The molecule has 0 N–H and O–H groups in total. The fourth-order valence-corrected chi connectivity index (χ4v) is 2.06. The Kier molecular flexibility index (Phi) is 3.57. The van der Waals surface area contributed by atoms with Gasteiger partial charge in [0.2, 0.25) is 0 Å². The van der Waals surface area contributed by atoms with E-state index in [9.17, 15) is 13.6 Å². The third-order valence-corrected chi connectivity index (χ3v) is 3.23. The molecule has 0 saturated heterocycles. The maximum absolute atomic E-state index is 13.5. The van der Waals surface area contributed by atoms with Crippen LogP contribution in [-0.4, -0.2) is 5.78 Å². The van der Waals surface area contributed by atoms with Crippen LogP contribution in [-0.2, 0) is 0 Å². The van der Waals surface area contributed by atoms with Crippen LogP contribution in [0.1, 0.15) is 21.5 Å². The van der Waals surface area contributed by atoms with Crippen molar-refractivity contribution in [3.63, 3.8) is 0 Å². The van der Waals surface area contributed by atoms with Crippen LogP contribution in [0.25, 0.3) is 0 Å². The largest absolute Gasteiger partial charge is 0.288 e. The molecule has 0 fully saturated rings. The van der Waals surface area contributed by atoms with Gasteiger partial charge in [-0.3, -0.25) is 4.79 Å². The number of benzene rings is 2. The van der Waals surface area contributed by atoms with E-state index >= 15 is 0 Å². The molecule has 0 atom stereocenters. The van der Waals surface area contributed by atoms with Crippen LogP contribution in [0.2, 0.25) is 0 Å². The second kappa shape index (κ2) is 4.98. The molecule has 0 unspecified atom stereocenters. The van der Waals surface area contributed by atoms with Gasteiger partial charge < -0.3 is 0 Å². The topological polar surface area (TPSA) is 17.1 Å². The zero-order chi connectivity index (χ0) is 13.3. The molecule has 0 radical (unpaired) electrons. The highest BCUT2D eigenvalue weighted by Crippen LogP contribution is 2.23. The van der Waals surface area contributed by atoms with Crippen LogP contribution >= 0.6 is 15.9 Å². The summed E-state index contributed by atoms with van der Waals surface area (Å²) in [6, 6.07) is 8.15. The maximum atomic E-state index is 13.5. The molecular weight excluding hydrogens is 302 g/mol. The summed E-state index contributed by atoms with van der Waals surface area (Å²) in [4.78, 5) is 12.2. The first kappa shape index (κ1) is 12.9. The molecule has 2 aromatic rings. The van der Waals surface area contributed by atoms with E-state index in [1.54, 1.807) is 12.1 Å². The molecule has 92 valence electrons. The molecule has 0 amide bonds. The minimum atomic E-state index is -0.853. The lowest BCUT2D eigenvalue weighted by molar-refractivity contribution is 0.103. The van der Waals surface area contributed by atoms with Crippen LogP contribution in [0.4, 0.5) is 8.78 Å².